The molecule has 1 amide bonds. The molecule has 0 saturated heterocycles. The molecule has 1 heterocycles. The molecule has 0 spiro atoms. The van der Waals surface area contributed by atoms with Crippen molar-refractivity contribution in [3.8, 4) is 5.75 Å². The van der Waals surface area contributed by atoms with E-state index in [0.29, 0.717) is 22.7 Å². The zero-order valence-corrected chi connectivity index (χ0v) is 16.4. The van der Waals surface area contributed by atoms with Gasteiger partial charge in [-0.1, -0.05) is 60.7 Å². The minimum absolute atomic E-state index is 0.0924. The molecule has 4 rings (SSSR count). The van der Waals surface area contributed by atoms with Crippen LogP contribution in [0.4, 0.5) is 11.4 Å². The third-order valence-electron chi connectivity index (χ3n) is 4.60. The fourth-order valence-corrected chi connectivity index (χ4v) is 4.79. The summed E-state index contributed by atoms with van der Waals surface area (Å²) in [6.07, 6.45) is -0.962. The average molecular weight is 408 g/mol. The number of rotatable bonds is 5. The Morgan fingerprint density at radius 2 is 1.55 bits per heavy atom. The fourth-order valence-electron chi connectivity index (χ4n) is 3.21. The van der Waals surface area contributed by atoms with E-state index < -0.39 is 22.0 Å². The average Bonchev–Trinajstić information content (AvgIpc) is 2.74. The van der Waals surface area contributed by atoms with Crippen LogP contribution in [0.2, 0.25) is 0 Å². The lowest BCUT2D eigenvalue weighted by atomic mass is 10.2. The summed E-state index contributed by atoms with van der Waals surface area (Å²) in [6, 6.07) is 24.8. The molecule has 0 aromatic heterocycles. The van der Waals surface area contributed by atoms with Crippen LogP contribution in [0.5, 0.6) is 5.75 Å². The van der Waals surface area contributed by atoms with Crippen LogP contribution in [0.3, 0.4) is 0 Å². The topological polar surface area (TPSA) is 75.7 Å². The Labute approximate surface area is 169 Å². The molecular formula is C22H20N2O4S. The first-order chi connectivity index (χ1) is 14.0. The van der Waals surface area contributed by atoms with Crippen LogP contribution in [0.25, 0.3) is 0 Å². The van der Waals surface area contributed by atoms with E-state index in [1.54, 1.807) is 60.7 Å². The summed E-state index contributed by atoms with van der Waals surface area (Å²) in [5.41, 5.74) is 1.74. The zero-order valence-electron chi connectivity index (χ0n) is 15.6. The van der Waals surface area contributed by atoms with Crippen molar-refractivity contribution in [2.75, 3.05) is 16.2 Å². The monoisotopic (exact) mass is 408 g/mol. The second-order valence-corrected chi connectivity index (χ2v) is 8.60. The molecule has 1 unspecified atom stereocenters. The van der Waals surface area contributed by atoms with Crippen molar-refractivity contribution in [1.29, 1.82) is 0 Å². The Hall–Kier alpha value is -3.32. The maximum Gasteiger partial charge on any atom is 0.267 e. The number of ether oxygens (including phenoxy) is 1. The highest BCUT2D eigenvalue weighted by Crippen LogP contribution is 2.36. The lowest BCUT2D eigenvalue weighted by Crippen LogP contribution is -2.49. The van der Waals surface area contributed by atoms with Crippen molar-refractivity contribution in [2.24, 2.45) is 0 Å². The van der Waals surface area contributed by atoms with E-state index in [9.17, 15) is 13.2 Å². The number of para-hydroxylation sites is 3. The van der Waals surface area contributed by atoms with Gasteiger partial charge in [0.25, 0.3) is 5.91 Å². The number of anilines is 2. The summed E-state index contributed by atoms with van der Waals surface area (Å²) in [6.45, 7) is -0.0924. The van der Waals surface area contributed by atoms with Crippen molar-refractivity contribution < 1.29 is 17.9 Å². The van der Waals surface area contributed by atoms with Gasteiger partial charge in [-0.3, -0.25) is 9.10 Å². The van der Waals surface area contributed by atoms with Gasteiger partial charge in [0.15, 0.2) is 6.10 Å². The number of nitrogens with zero attached hydrogens (tertiary/aromatic N) is 1. The second-order valence-electron chi connectivity index (χ2n) is 6.70. The van der Waals surface area contributed by atoms with Gasteiger partial charge in [0.2, 0.25) is 10.0 Å². The van der Waals surface area contributed by atoms with Gasteiger partial charge in [-0.05, 0) is 29.8 Å². The number of nitrogens with one attached hydrogen (secondary N) is 1. The van der Waals surface area contributed by atoms with Gasteiger partial charge in [0.05, 0.1) is 18.0 Å². The van der Waals surface area contributed by atoms with Crippen molar-refractivity contribution in [3.05, 3.63) is 90.5 Å². The number of fused-ring (bicyclic) bond motifs is 1. The Bertz CT molecular complexity index is 1100. The fraction of sp³-hybridized carbons (Fsp3) is 0.136. The minimum atomic E-state index is -3.72. The van der Waals surface area contributed by atoms with Crippen molar-refractivity contribution in [3.63, 3.8) is 0 Å². The van der Waals surface area contributed by atoms with Gasteiger partial charge in [-0.25, -0.2) is 8.42 Å². The molecule has 29 heavy (non-hydrogen) atoms. The lowest BCUT2D eigenvalue weighted by molar-refractivity contribution is -0.122. The zero-order chi connectivity index (χ0) is 20.3. The number of carbonyl (C=O) groups is 1. The van der Waals surface area contributed by atoms with Gasteiger partial charge in [-0.15, -0.1) is 0 Å². The quantitative estimate of drug-likeness (QED) is 0.702. The first-order valence-electron chi connectivity index (χ1n) is 9.19. The highest BCUT2D eigenvalue weighted by atomic mass is 32.2. The maximum absolute atomic E-state index is 13.2. The van der Waals surface area contributed by atoms with Crippen molar-refractivity contribution in [2.45, 2.75) is 11.9 Å². The predicted octanol–water partition coefficient (Wildman–Crippen LogP) is 3.42. The number of hydrogen-bond donors (Lipinski definition) is 1. The highest BCUT2D eigenvalue weighted by Gasteiger charge is 2.36. The van der Waals surface area contributed by atoms with E-state index in [4.69, 9.17) is 4.74 Å². The molecule has 3 aromatic rings. The molecular weight excluding hydrogens is 388 g/mol. The van der Waals surface area contributed by atoms with Crippen molar-refractivity contribution in [1.82, 2.24) is 0 Å². The standard InChI is InChI=1S/C22H20N2O4S/c25-22(23-18-11-5-2-6-12-18)21-15-24(19-13-7-8-14-20(19)28-21)29(26,27)16-17-9-3-1-4-10-17/h1-14,21H,15-16H2,(H,23,25). The van der Waals surface area contributed by atoms with Gasteiger partial charge < -0.3 is 10.1 Å². The van der Waals surface area contributed by atoms with Crippen LogP contribution in [0.1, 0.15) is 5.56 Å². The first kappa shape index (κ1) is 19.0. The summed E-state index contributed by atoms with van der Waals surface area (Å²) in [4.78, 5) is 12.8. The molecule has 1 atom stereocenters. The van der Waals surface area contributed by atoms with Crippen LogP contribution in [0, 0.1) is 0 Å². The smallest absolute Gasteiger partial charge is 0.267 e. The Morgan fingerprint density at radius 3 is 2.28 bits per heavy atom. The van der Waals surface area contributed by atoms with Gasteiger partial charge in [0, 0.05) is 5.69 Å². The number of benzene rings is 3. The van der Waals surface area contributed by atoms with E-state index >= 15 is 0 Å². The predicted molar refractivity (Wildman–Crippen MR) is 112 cm³/mol. The molecule has 7 heteroatoms. The van der Waals surface area contributed by atoms with E-state index in [-0.39, 0.29) is 12.3 Å². The molecule has 1 N–H and O–H groups in total. The summed E-state index contributed by atoms with van der Waals surface area (Å²) in [5, 5.41) is 2.78. The molecule has 0 bridgehead atoms. The Balaban J connectivity index is 1.62. The van der Waals surface area contributed by atoms with Crippen LogP contribution in [-0.2, 0) is 20.6 Å². The van der Waals surface area contributed by atoms with Crippen LogP contribution in [-0.4, -0.2) is 27.0 Å². The van der Waals surface area contributed by atoms with Gasteiger partial charge >= 0.3 is 0 Å². The number of sulfonamides is 1. The molecule has 1 aliphatic rings. The van der Waals surface area contributed by atoms with Crippen LogP contribution >= 0.6 is 0 Å². The van der Waals surface area contributed by atoms with E-state index in [0.717, 1.165) is 0 Å². The largest absolute Gasteiger partial charge is 0.476 e. The summed E-state index contributed by atoms with van der Waals surface area (Å²) in [5.74, 6) is -0.191. The van der Waals surface area contributed by atoms with Gasteiger partial charge in [-0.2, -0.15) is 0 Å². The third-order valence-corrected chi connectivity index (χ3v) is 6.31. The van der Waals surface area contributed by atoms with Crippen molar-refractivity contribution >= 4 is 27.3 Å². The van der Waals surface area contributed by atoms with Gasteiger partial charge in [0.1, 0.15) is 5.75 Å². The van der Waals surface area contributed by atoms with E-state index in [1.807, 2.05) is 24.3 Å². The molecule has 6 nitrogen and oxygen atoms in total. The summed E-state index contributed by atoms with van der Waals surface area (Å²) in [7, 11) is -3.72. The molecule has 0 saturated carbocycles. The maximum atomic E-state index is 13.2. The first-order valence-corrected chi connectivity index (χ1v) is 10.8. The number of carbonyl (C=O) groups excluding carboxylic acids is 1. The van der Waals surface area contributed by atoms with Crippen LogP contribution < -0.4 is 14.4 Å². The normalized spacial score (nSPS) is 15.9. The molecule has 148 valence electrons. The molecule has 3 aromatic carbocycles. The van der Waals surface area contributed by atoms with Crippen LogP contribution in [0.15, 0.2) is 84.9 Å². The number of hydrogen-bond acceptors (Lipinski definition) is 4. The Kier molecular flexibility index (Phi) is 5.22. The second kappa shape index (κ2) is 7.97. The highest BCUT2D eigenvalue weighted by molar-refractivity contribution is 7.92. The number of amides is 1. The summed E-state index contributed by atoms with van der Waals surface area (Å²) < 4.78 is 33.5. The minimum Gasteiger partial charge on any atom is -0.476 e. The lowest BCUT2D eigenvalue weighted by Gasteiger charge is -2.34. The summed E-state index contributed by atoms with van der Waals surface area (Å²) >= 11 is 0. The van der Waals surface area contributed by atoms with E-state index in [2.05, 4.69) is 5.32 Å². The molecule has 1 aliphatic heterocycles. The molecule has 0 fully saturated rings. The van der Waals surface area contributed by atoms with E-state index in [1.165, 1.54) is 4.31 Å². The SMILES string of the molecule is O=C(Nc1ccccc1)C1CN(S(=O)(=O)Cc2ccccc2)c2ccccc2O1. The Morgan fingerprint density at radius 1 is 0.931 bits per heavy atom. The molecule has 0 radical (unpaired) electrons. The molecule has 0 aliphatic carbocycles. The third kappa shape index (κ3) is 4.25.